The van der Waals surface area contributed by atoms with Crippen molar-refractivity contribution in [2.24, 2.45) is 0 Å². The van der Waals surface area contributed by atoms with Crippen LogP contribution >= 0.6 is 0 Å². The minimum atomic E-state index is -0.179. The summed E-state index contributed by atoms with van der Waals surface area (Å²) in [7, 11) is 1.68. The molecule has 0 aliphatic carbocycles. The maximum Gasteiger partial charge on any atom is 0.183 e. The molecule has 0 aromatic heterocycles. The molecule has 2 unspecified atom stereocenters. The lowest BCUT2D eigenvalue weighted by molar-refractivity contribution is 0.0913. The van der Waals surface area contributed by atoms with Crippen molar-refractivity contribution in [3.8, 4) is 5.75 Å². The largest absolute Gasteiger partial charge is 0.490 e. The van der Waals surface area contributed by atoms with Crippen LogP contribution in [-0.2, 0) is 4.74 Å². The minimum Gasteiger partial charge on any atom is -0.490 e. The molecule has 0 saturated carbocycles. The summed E-state index contributed by atoms with van der Waals surface area (Å²) in [5.41, 5.74) is 0.644. The third-order valence-electron chi connectivity index (χ3n) is 3.26. The number of ether oxygens (including phenoxy) is 2. The molecule has 1 heterocycles. The Morgan fingerprint density at radius 2 is 2.11 bits per heavy atom. The van der Waals surface area contributed by atoms with E-state index >= 15 is 0 Å². The van der Waals surface area contributed by atoms with Crippen LogP contribution in [0.5, 0.6) is 5.75 Å². The van der Waals surface area contributed by atoms with Crippen LogP contribution in [0.1, 0.15) is 30.6 Å². The van der Waals surface area contributed by atoms with Gasteiger partial charge in [0.1, 0.15) is 5.75 Å². The highest BCUT2D eigenvalue weighted by molar-refractivity contribution is 6.02. The molecule has 0 spiro atoms. The molecule has 0 radical (unpaired) electrons. The first-order valence-electron chi connectivity index (χ1n) is 6.68. The molecule has 4 heteroatoms. The van der Waals surface area contributed by atoms with Crippen molar-refractivity contribution in [2.75, 3.05) is 13.7 Å². The predicted molar refractivity (Wildman–Crippen MR) is 73.7 cm³/mol. The topological polar surface area (TPSA) is 47.6 Å². The van der Waals surface area contributed by atoms with Crippen molar-refractivity contribution in [1.82, 2.24) is 5.32 Å². The lowest BCUT2D eigenvalue weighted by Crippen LogP contribution is -2.31. The van der Waals surface area contributed by atoms with Crippen molar-refractivity contribution in [3.05, 3.63) is 29.8 Å². The summed E-state index contributed by atoms with van der Waals surface area (Å²) < 4.78 is 11.0. The van der Waals surface area contributed by atoms with Gasteiger partial charge in [-0.25, -0.2) is 0 Å². The number of hydrogen-bond acceptors (Lipinski definition) is 4. The summed E-state index contributed by atoms with van der Waals surface area (Å²) in [6, 6.07) is 7.23. The molecule has 1 N–H and O–H groups in total. The molecular formula is C15H21NO3. The summed E-state index contributed by atoms with van der Waals surface area (Å²) >= 11 is 0. The third-order valence-corrected chi connectivity index (χ3v) is 3.26. The number of benzene rings is 1. The van der Waals surface area contributed by atoms with E-state index in [4.69, 9.17) is 9.47 Å². The molecule has 1 saturated heterocycles. The quantitative estimate of drug-likeness (QED) is 0.826. The number of hydrogen-bond donors (Lipinski definition) is 1. The molecule has 1 aliphatic heterocycles. The molecule has 4 nitrogen and oxygen atoms in total. The van der Waals surface area contributed by atoms with E-state index in [1.54, 1.807) is 7.11 Å². The summed E-state index contributed by atoms with van der Waals surface area (Å²) in [6.45, 7) is 4.63. The molecule has 19 heavy (non-hydrogen) atoms. The van der Waals surface area contributed by atoms with Gasteiger partial charge < -0.3 is 14.8 Å². The predicted octanol–water partition coefficient (Wildman–Crippen LogP) is 2.03. The average molecular weight is 263 g/mol. The van der Waals surface area contributed by atoms with Gasteiger partial charge in [-0.1, -0.05) is 12.1 Å². The monoisotopic (exact) mass is 263 g/mol. The van der Waals surface area contributed by atoms with Gasteiger partial charge in [0.25, 0.3) is 0 Å². The van der Waals surface area contributed by atoms with Crippen LogP contribution in [0.25, 0.3) is 0 Å². The van der Waals surface area contributed by atoms with E-state index in [2.05, 4.69) is 5.32 Å². The van der Waals surface area contributed by atoms with Crippen LogP contribution in [0.4, 0.5) is 0 Å². The number of Topliss-reactive ketones (excluding diaryl/α,β-unsaturated/α-hetero) is 1. The van der Waals surface area contributed by atoms with Crippen molar-refractivity contribution < 1.29 is 14.3 Å². The Morgan fingerprint density at radius 1 is 1.37 bits per heavy atom. The molecule has 1 aromatic carbocycles. The van der Waals surface area contributed by atoms with E-state index in [-0.39, 0.29) is 24.0 Å². The molecule has 1 aliphatic rings. The summed E-state index contributed by atoms with van der Waals surface area (Å²) in [4.78, 5) is 12.5. The summed E-state index contributed by atoms with van der Waals surface area (Å²) in [6.07, 6.45) is 0.884. The van der Waals surface area contributed by atoms with E-state index in [0.29, 0.717) is 17.7 Å². The Balaban J connectivity index is 2.15. The Kier molecular flexibility index (Phi) is 4.56. The highest BCUT2D eigenvalue weighted by atomic mass is 16.5. The molecule has 1 fully saturated rings. The first kappa shape index (κ1) is 14.0. The fourth-order valence-corrected chi connectivity index (χ4v) is 2.30. The third kappa shape index (κ3) is 3.33. The second kappa shape index (κ2) is 6.17. The number of ketones is 1. The fraction of sp³-hybridized carbons (Fsp3) is 0.533. The first-order valence-corrected chi connectivity index (χ1v) is 6.68. The van der Waals surface area contributed by atoms with Gasteiger partial charge in [-0.3, -0.25) is 4.79 Å². The second-order valence-electron chi connectivity index (χ2n) is 5.08. The van der Waals surface area contributed by atoms with Gasteiger partial charge in [0.05, 0.1) is 23.8 Å². The van der Waals surface area contributed by atoms with E-state index in [1.165, 1.54) is 0 Å². The van der Waals surface area contributed by atoms with E-state index in [1.807, 2.05) is 38.1 Å². The molecule has 2 atom stereocenters. The second-order valence-corrected chi connectivity index (χ2v) is 5.08. The molecule has 0 amide bonds. The van der Waals surface area contributed by atoms with Crippen molar-refractivity contribution in [2.45, 2.75) is 38.5 Å². The lowest BCUT2D eigenvalue weighted by atomic mass is 10.0. The minimum absolute atomic E-state index is 0.0530. The maximum absolute atomic E-state index is 12.5. The van der Waals surface area contributed by atoms with Crippen LogP contribution < -0.4 is 10.1 Å². The Bertz CT molecular complexity index is 445. The Labute approximate surface area is 114 Å². The first-order chi connectivity index (χ1) is 9.11. The highest BCUT2D eigenvalue weighted by Gasteiger charge is 2.31. The van der Waals surface area contributed by atoms with Crippen molar-refractivity contribution >= 4 is 5.78 Å². The van der Waals surface area contributed by atoms with Gasteiger partial charge >= 0.3 is 0 Å². The normalized spacial score (nSPS) is 22.7. The van der Waals surface area contributed by atoms with Gasteiger partial charge in [0.2, 0.25) is 0 Å². The van der Waals surface area contributed by atoms with Gasteiger partial charge in [-0.05, 0) is 32.4 Å². The fourth-order valence-electron chi connectivity index (χ4n) is 2.30. The van der Waals surface area contributed by atoms with E-state index < -0.39 is 0 Å². The molecule has 1 aromatic rings. The van der Waals surface area contributed by atoms with Gasteiger partial charge in [-0.15, -0.1) is 0 Å². The number of para-hydroxylation sites is 1. The maximum atomic E-state index is 12.5. The van der Waals surface area contributed by atoms with Gasteiger partial charge in [0.15, 0.2) is 5.78 Å². The zero-order chi connectivity index (χ0) is 13.8. The van der Waals surface area contributed by atoms with E-state index in [0.717, 1.165) is 6.54 Å². The molecule has 104 valence electrons. The SMILES string of the molecule is COC1CNC(C(=O)c2ccccc2OC(C)C)C1. The molecule has 0 bridgehead atoms. The Morgan fingerprint density at radius 3 is 2.74 bits per heavy atom. The number of carbonyl (C=O) groups excluding carboxylic acids is 1. The number of nitrogens with one attached hydrogen (secondary N) is 1. The standard InChI is InChI=1S/C15H21NO3/c1-10(2)19-14-7-5-4-6-12(14)15(17)13-8-11(18-3)9-16-13/h4-7,10-11,13,16H,8-9H2,1-3H3. The summed E-state index contributed by atoms with van der Waals surface area (Å²) in [5.74, 6) is 0.737. The Hall–Kier alpha value is -1.39. The van der Waals surface area contributed by atoms with Gasteiger partial charge in [-0.2, -0.15) is 0 Å². The van der Waals surface area contributed by atoms with Crippen LogP contribution in [-0.4, -0.2) is 37.7 Å². The van der Waals surface area contributed by atoms with Crippen LogP contribution in [0.2, 0.25) is 0 Å². The molecule has 2 rings (SSSR count). The summed E-state index contributed by atoms with van der Waals surface area (Å²) in [5, 5.41) is 3.21. The molecular weight excluding hydrogens is 242 g/mol. The van der Waals surface area contributed by atoms with Crippen molar-refractivity contribution in [1.29, 1.82) is 0 Å². The van der Waals surface area contributed by atoms with Gasteiger partial charge in [0, 0.05) is 13.7 Å². The zero-order valence-electron chi connectivity index (χ0n) is 11.7. The van der Waals surface area contributed by atoms with E-state index in [9.17, 15) is 4.79 Å². The average Bonchev–Trinajstić information content (AvgIpc) is 2.86. The number of rotatable bonds is 5. The van der Waals surface area contributed by atoms with Crippen LogP contribution in [0, 0.1) is 0 Å². The van der Waals surface area contributed by atoms with Crippen LogP contribution in [0.15, 0.2) is 24.3 Å². The van der Waals surface area contributed by atoms with Crippen LogP contribution in [0.3, 0.4) is 0 Å². The lowest BCUT2D eigenvalue weighted by Gasteiger charge is -2.16. The van der Waals surface area contributed by atoms with Crippen molar-refractivity contribution in [3.63, 3.8) is 0 Å². The number of methoxy groups -OCH3 is 1. The smallest absolute Gasteiger partial charge is 0.183 e. The zero-order valence-corrected chi connectivity index (χ0v) is 11.7. The highest BCUT2D eigenvalue weighted by Crippen LogP contribution is 2.23. The number of carbonyl (C=O) groups is 1.